The molecule has 0 bridgehead atoms. The number of carboxylic acid groups (broad SMARTS) is 1. The number of halogens is 1. The summed E-state index contributed by atoms with van der Waals surface area (Å²) in [7, 11) is 1.61. The number of methoxy groups -OCH3 is 1. The predicted molar refractivity (Wildman–Crippen MR) is 90.0 cm³/mol. The standard InChI is InChI=1S/C19H20FNO4/c1-24-16-8-4-13(5-9-16)17-12-21(10-11-25-17)18(19(22)23)14-2-6-15(20)7-3-14/h2-9,17-18H,10-12H2,1H3,(H,22,23). The van der Waals surface area contributed by atoms with Gasteiger partial charge in [-0.15, -0.1) is 0 Å². The predicted octanol–water partition coefficient (Wildman–Crippen LogP) is 3.03. The van der Waals surface area contributed by atoms with Crippen molar-refractivity contribution in [1.82, 2.24) is 4.90 Å². The molecule has 25 heavy (non-hydrogen) atoms. The number of rotatable bonds is 5. The number of nitrogens with zero attached hydrogens (tertiary/aromatic N) is 1. The second kappa shape index (κ2) is 7.63. The van der Waals surface area contributed by atoms with Crippen LogP contribution in [0.5, 0.6) is 5.75 Å². The van der Waals surface area contributed by atoms with Gasteiger partial charge in [-0.25, -0.2) is 4.39 Å². The van der Waals surface area contributed by atoms with Gasteiger partial charge in [0.2, 0.25) is 0 Å². The highest BCUT2D eigenvalue weighted by molar-refractivity contribution is 5.75. The first-order valence-corrected chi connectivity index (χ1v) is 8.06. The third-order valence-corrected chi connectivity index (χ3v) is 4.37. The molecular formula is C19H20FNO4. The minimum atomic E-state index is -0.956. The van der Waals surface area contributed by atoms with E-state index in [1.165, 1.54) is 24.3 Å². The smallest absolute Gasteiger partial charge is 0.325 e. The van der Waals surface area contributed by atoms with Crippen molar-refractivity contribution in [3.63, 3.8) is 0 Å². The van der Waals surface area contributed by atoms with Gasteiger partial charge in [0.1, 0.15) is 17.6 Å². The molecule has 1 N–H and O–H groups in total. The molecule has 0 radical (unpaired) electrons. The highest BCUT2D eigenvalue weighted by atomic mass is 19.1. The zero-order chi connectivity index (χ0) is 17.8. The molecule has 6 heteroatoms. The monoisotopic (exact) mass is 345 g/mol. The van der Waals surface area contributed by atoms with E-state index in [0.717, 1.165) is 11.3 Å². The van der Waals surface area contributed by atoms with Crippen LogP contribution < -0.4 is 4.74 Å². The molecule has 1 fully saturated rings. The van der Waals surface area contributed by atoms with Gasteiger partial charge in [-0.05, 0) is 35.4 Å². The van der Waals surface area contributed by atoms with Gasteiger partial charge in [-0.3, -0.25) is 9.69 Å². The van der Waals surface area contributed by atoms with Crippen molar-refractivity contribution in [2.75, 3.05) is 26.8 Å². The second-order valence-electron chi connectivity index (χ2n) is 5.92. The first-order valence-electron chi connectivity index (χ1n) is 8.06. The molecular weight excluding hydrogens is 325 g/mol. The van der Waals surface area contributed by atoms with Crippen molar-refractivity contribution in [2.24, 2.45) is 0 Å². The Morgan fingerprint density at radius 2 is 1.92 bits per heavy atom. The normalized spacial score (nSPS) is 19.4. The Labute approximate surface area is 145 Å². The van der Waals surface area contributed by atoms with Gasteiger partial charge in [0.05, 0.1) is 19.8 Å². The van der Waals surface area contributed by atoms with Gasteiger partial charge in [0, 0.05) is 13.1 Å². The molecule has 0 aliphatic carbocycles. The molecule has 3 rings (SSSR count). The molecule has 2 aromatic carbocycles. The summed E-state index contributed by atoms with van der Waals surface area (Å²) in [6, 6.07) is 12.3. The van der Waals surface area contributed by atoms with Crippen molar-refractivity contribution in [2.45, 2.75) is 12.1 Å². The first-order chi connectivity index (χ1) is 12.1. The molecule has 2 aromatic rings. The van der Waals surface area contributed by atoms with Gasteiger partial charge in [0.15, 0.2) is 0 Å². The molecule has 2 atom stereocenters. The van der Waals surface area contributed by atoms with Crippen LogP contribution in [-0.2, 0) is 9.53 Å². The van der Waals surface area contributed by atoms with E-state index in [1.807, 2.05) is 29.2 Å². The Kier molecular flexibility index (Phi) is 5.31. The highest BCUT2D eigenvalue weighted by Gasteiger charge is 2.32. The maximum atomic E-state index is 13.1. The Morgan fingerprint density at radius 3 is 2.52 bits per heavy atom. The third kappa shape index (κ3) is 3.97. The van der Waals surface area contributed by atoms with Crippen molar-refractivity contribution in [3.05, 3.63) is 65.5 Å². The van der Waals surface area contributed by atoms with Crippen molar-refractivity contribution < 1.29 is 23.8 Å². The Balaban J connectivity index is 1.80. The molecule has 1 aliphatic rings. The number of aliphatic carboxylic acids is 1. The number of hydrogen-bond acceptors (Lipinski definition) is 4. The largest absolute Gasteiger partial charge is 0.497 e. The van der Waals surface area contributed by atoms with E-state index >= 15 is 0 Å². The summed E-state index contributed by atoms with van der Waals surface area (Å²) in [5, 5.41) is 9.68. The summed E-state index contributed by atoms with van der Waals surface area (Å²) in [5.74, 6) is -0.584. The molecule has 5 nitrogen and oxygen atoms in total. The van der Waals surface area contributed by atoms with Gasteiger partial charge in [-0.1, -0.05) is 24.3 Å². The summed E-state index contributed by atoms with van der Waals surface area (Å²) in [4.78, 5) is 13.7. The van der Waals surface area contributed by atoms with Crippen LogP contribution >= 0.6 is 0 Å². The first kappa shape index (κ1) is 17.4. The van der Waals surface area contributed by atoms with Crippen LogP contribution in [0.15, 0.2) is 48.5 Å². The highest BCUT2D eigenvalue weighted by Crippen LogP contribution is 2.30. The lowest BCUT2D eigenvalue weighted by Crippen LogP contribution is -2.43. The Bertz CT molecular complexity index is 717. The average molecular weight is 345 g/mol. The second-order valence-corrected chi connectivity index (χ2v) is 5.92. The zero-order valence-electron chi connectivity index (χ0n) is 13.9. The fourth-order valence-corrected chi connectivity index (χ4v) is 3.08. The number of morpholine rings is 1. The van der Waals surface area contributed by atoms with E-state index in [0.29, 0.717) is 25.3 Å². The average Bonchev–Trinajstić information content (AvgIpc) is 2.64. The van der Waals surface area contributed by atoms with E-state index in [4.69, 9.17) is 9.47 Å². The molecule has 1 saturated heterocycles. The summed E-state index contributed by atoms with van der Waals surface area (Å²) in [6.45, 7) is 1.38. The molecule has 0 aromatic heterocycles. The lowest BCUT2D eigenvalue weighted by atomic mass is 10.0. The molecule has 2 unspecified atom stereocenters. The van der Waals surface area contributed by atoms with Crippen LogP contribution in [0.2, 0.25) is 0 Å². The van der Waals surface area contributed by atoms with Gasteiger partial charge >= 0.3 is 5.97 Å². The van der Waals surface area contributed by atoms with Gasteiger partial charge in [0.25, 0.3) is 0 Å². The molecule has 0 amide bonds. The SMILES string of the molecule is COc1ccc(C2CN(C(C(=O)O)c3ccc(F)cc3)CCO2)cc1. The molecule has 1 aliphatic heterocycles. The molecule has 1 heterocycles. The van der Waals surface area contributed by atoms with Crippen molar-refractivity contribution >= 4 is 5.97 Å². The van der Waals surface area contributed by atoms with E-state index in [2.05, 4.69) is 0 Å². The number of benzene rings is 2. The fourth-order valence-electron chi connectivity index (χ4n) is 3.08. The molecule has 0 spiro atoms. The number of hydrogen-bond donors (Lipinski definition) is 1. The van der Waals surface area contributed by atoms with Crippen LogP contribution in [-0.4, -0.2) is 42.8 Å². The van der Waals surface area contributed by atoms with E-state index in [9.17, 15) is 14.3 Å². The van der Waals surface area contributed by atoms with E-state index < -0.39 is 12.0 Å². The van der Waals surface area contributed by atoms with E-state index in [1.54, 1.807) is 7.11 Å². The number of ether oxygens (including phenoxy) is 2. The fraction of sp³-hybridized carbons (Fsp3) is 0.316. The Morgan fingerprint density at radius 1 is 1.24 bits per heavy atom. The van der Waals surface area contributed by atoms with Crippen LogP contribution in [0.3, 0.4) is 0 Å². The topological polar surface area (TPSA) is 59.0 Å². The summed E-state index contributed by atoms with van der Waals surface area (Å²) in [5.41, 5.74) is 1.53. The lowest BCUT2D eigenvalue weighted by Gasteiger charge is -2.36. The number of carboxylic acids is 1. The van der Waals surface area contributed by atoms with Crippen molar-refractivity contribution in [1.29, 1.82) is 0 Å². The maximum absolute atomic E-state index is 13.1. The van der Waals surface area contributed by atoms with Crippen LogP contribution in [0.1, 0.15) is 23.3 Å². The van der Waals surface area contributed by atoms with Crippen LogP contribution in [0, 0.1) is 5.82 Å². The summed E-state index contributed by atoms with van der Waals surface area (Å²) >= 11 is 0. The molecule has 0 saturated carbocycles. The minimum Gasteiger partial charge on any atom is -0.497 e. The van der Waals surface area contributed by atoms with E-state index in [-0.39, 0.29) is 11.9 Å². The lowest BCUT2D eigenvalue weighted by molar-refractivity contribution is -0.147. The zero-order valence-corrected chi connectivity index (χ0v) is 13.9. The van der Waals surface area contributed by atoms with Gasteiger partial charge < -0.3 is 14.6 Å². The summed E-state index contributed by atoms with van der Waals surface area (Å²) in [6.07, 6.45) is -0.220. The maximum Gasteiger partial charge on any atom is 0.325 e. The van der Waals surface area contributed by atoms with Crippen molar-refractivity contribution in [3.8, 4) is 5.75 Å². The quantitative estimate of drug-likeness (QED) is 0.903. The number of carbonyl (C=O) groups is 1. The summed E-state index contributed by atoms with van der Waals surface area (Å²) < 4.78 is 24.1. The van der Waals surface area contributed by atoms with Crippen LogP contribution in [0.25, 0.3) is 0 Å². The minimum absolute atomic E-state index is 0.220. The third-order valence-electron chi connectivity index (χ3n) is 4.37. The van der Waals surface area contributed by atoms with Crippen LogP contribution in [0.4, 0.5) is 4.39 Å². The van der Waals surface area contributed by atoms with Gasteiger partial charge in [-0.2, -0.15) is 0 Å². The Hall–Kier alpha value is -2.44. The molecule has 132 valence electrons.